The summed E-state index contributed by atoms with van der Waals surface area (Å²) < 4.78 is 4.02. The Morgan fingerprint density at radius 1 is 1.35 bits per heavy atom. The van der Waals surface area contributed by atoms with Crippen LogP contribution in [-0.2, 0) is 6.42 Å². The number of fused-ring (bicyclic) bond motifs is 1. The maximum absolute atomic E-state index is 5.58. The van der Waals surface area contributed by atoms with Crippen LogP contribution in [0, 0.1) is 0 Å². The number of nitrogens with one attached hydrogen (secondary N) is 1. The Kier molecular flexibility index (Phi) is 3.37. The van der Waals surface area contributed by atoms with E-state index in [4.69, 9.17) is 5.73 Å². The molecule has 2 aromatic heterocycles. The quantitative estimate of drug-likeness (QED) is 0.764. The zero-order valence-electron chi connectivity index (χ0n) is 11.4. The summed E-state index contributed by atoms with van der Waals surface area (Å²) in [6.45, 7) is 0.968. The molecular formula is C13H16N6S. The molecule has 2 heterocycles. The van der Waals surface area contributed by atoms with Crippen LogP contribution in [0.2, 0.25) is 0 Å². The third kappa shape index (κ3) is 2.50. The van der Waals surface area contributed by atoms with Gasteiger partial charge in [0.1, 0.15) is 5.01 Å². The molecule has 0 aliphatic rings. The normalized spacial score (nSPS) is 11.6. The number of hydrogen-bond acceptors (Lipinski definition) is 6. The summed E-state index contributed by atoms with van der Waals surface area (Å²) >= 11 is 1.31. The highest BCUT2D eigenvalue weighted by Crippen LogP contribution is 2.27. The van der Waals surface area contributed by atoms with Gasteiger partial charge in [-0.2, -0.15) is 14.5 Å². The van der Waals surface area contributed by atoms with E-state index >= 15 is 0 Å². The molecule has 0 saturated carbocycles. The van der Waals surface area contributed by atoms with Gasteiger partial charge in [0.25, 0.3) is 0 Å². The molecule has 1 aromatic carbocycles. The first-order valence-electron chi connectivity index (χ1n) is 6.35. The van der Waals surface area contributed by atoms with E-state index < -0.39 is 0 Å². The third-order valence-corrected chi connectivity index (χ3v) is 3.90. The Balaban J connectivity index is 1.98. The Morgan fingerprint density at radius 2 is 2.20 bits per heavy atom. The SMILES string of the molecule is CN(C)CCc1n[nH]c2ccc(-c3nc(N)ns3)cc12. The van der Waals surface area contributed by atoms with E-state index in [1.165, 1.54) is 11.5 Å². The van der Waals surface area contributed by atoms with Gasteiger partial charge < -0.3 is 10.6 Å². The molecule has 3 N–H and O–H groups in total. The minimum atomic E-state index is 0.324. The topological polar surface area (TPSA) is 83.7 Å². The summed E-state index contributed by atoms with van der Waals surface area (Å²) in [6, 6.07) is 6.13. The highest BCUT2D eigenvalue weighted by Gasteiger charge is 2.10. The number of nitrogen functional groups attached to an aromatic ring is 1. The van der Waals surface area contributed by atoms with Crippen molar-refractivity contribution < 1.29 is 0 Å². The van der Waals surface area contributed by atoms with Gasteiger partial charge in [0, 0.05) is 23.9 Å². The lowest BCUT2D eigenvalue weighted by atomic mass is 10.1. The van der Waals surface area contributed by atoms with Gasteiger partial charge in [0.05, 0.1) is 11.2 Å². The highest BCUT2D eigenvalue weighted by atomic mass is 32.1. The predicted molar refractivity (Wildman–Crippen MR) is 81.7 cm³/mol. The number of anilines is 1. The molecule has 0 fully saturated rings. The fourth-order valence-electron chi connectivity index (χ4n) is 2.07. The molecule has 0 saturated heterocycles. The van der Waals surface area contributed by atoms with Gasteiger partial charge in [0.15, 0.2) is 0 Å². The number of rotatable bonds is 4. The van der Waals surface area contributed by atoms with Crippen molar-refractivity contribution in [3.63, 3.8) is 0 Å². The average Bonchev–Trinajstić information content (AvgIpc) is 3.02. The van der Waals surface area contributed by atoms with Crippen molar-refractivity contribution in [1.82, 2.24) is 24.5 Å². The summed E-state index contributed by atoms with van der Waals surface area (Å²) in [6.07, 6.45) is 0.911. The van der Waals surface area contributed by atoms with E-state index in [-0.39, 0.29) is 0 Å². The second-order valence-corrected chi connectivity index (χ2v) is 5.69. The molecule has 0 atom stereocenters. The molecule has 20 heavy (non-hydrogen) atoms. The number of aromatic nitrogens is 4. The van der Waals surface area contributed by atoms with Crippen molar-refractivity contribution in [3.8, 4) is 10.6 Å². The first-order chi connectivity index (χ1) is 9.63. The molecule has 3 rings (SSSR count). The molecule has 0 radical (unpaired) electrons. The van der Waals surface area contributed by atoms with Gasteiger partial charge in [-0.25, -0.2) is 0 Å². The standard InChI is InChI=1S/C13H16N6S/c1-19(2)6-5-11-9-7-8(3-4-10(9)16-17-11)12-15-13(14)18-20-12/h3-4,7H,5-6H2,1-2H3,(H2,14,18)(H,16,17). The van der Waals surface area contributed by atoms with Gasteiger partial charge >= 0.3 is 0 Å². The number of aromatic amines is 1. The maximum Gasteiger partial charge on any atom is 0.232 e. The lowest BCUT2D eigenvalue weighted by Gasteiger charge is -2.07. The molecule has 6 nitrogen and oxygen atoms in total. The zero-order chi connectivity index (χ0) is 14.1. The van der Waals surface area contributed by atoms with Crippen LogP contribution < -0.4 is 5.73 Å². The molecule has 3 aromatic rings. The molecular weight excluding hydrogens is 272 g/mol. The van der Waals surface area contributed by atoms with E-state index in [2.05, 4.69) is 44.6 Å². The van der Waals surface area contributed by atoms with Crippen LogP contribution >= 0.6 is 11.5 Å². The number of hydrogen-bond donors (Lipinski definition) is 2. The molecule has 0 spiro atoms. The summed E-state index contributed by atoms with van der Waals surface area (Å²) in [7, 11) is 4.12. The number of benzene rings is 1. The van der Waals surface area contributed by atoms with Crippen molar-refractivity contribution in [2.24, 2.45) is 0 Å². The molecule has 0 bridgehead atoms. The third-order valence-electron chi connectivity index (χ3n) is 3.13. The van der Waals surface area contributed by atoms with E-state index in [1.54, 1.807) is 0 Å². The average molecular weight is 288 g/mol. The molecule has 0 unspecified atom stereocenters. The van der Waals surface area contributed by atoms with Crippen molar-refractivity contribution >= 4 is 28.4 Å². The second-order valence-electron chi connectivity index (χ2n) is 4.94. The number of H-pyrrole nitrogens is 1. The van der Waals surface area contributed by atoms with Crippen LogP contribution in [0.3, 0.4) is 0 Å². The Bertz CT molecular complexity index is 729. The molecule has 0 amide bonds. The van der Waals surface area contributed by atoms with Gasteiger partial charge in [0.2, 0.25) is 5.95 Å². The van der Waals surface area contributed by atoms with Crippen LogP contribution in [0.25, 0.3) is 21.5 Å². The van der Waals surface area contributed by atoms with Crippen LogP contribution in [0.4, 0.5) is 5.95 Å². The summed E-state index contributed by atoms with van der Waals surface area (Å²) in [5, 5.41) is 9.44. The summed E-state index contributed by atoms with van der Waals surface area (Å²) in [5.41, 5.74) is 8.73. The maximum atomic E-state index is 5.58. The number of likely N-dealkylation sites (N-methyl/N-ethyl adjacent to an activating group) is 1. The Hall–Kier alpha value is -1.99. The number of nitrogens with zero attached hydrogens (tertiary/aromatic N) is 4. The molecule has 0 aliphatic carbocycles. The van der Waals surface area contributed by atoms with Crippen molar-refractivity contribution in [2.45, 2.75) is 6.42 Å². The van der Waals surface area contributed by atoms with Crippen LogP contribution in [-0.4, -0.2) is 45.1 Å². The van der Waals surface area contributed by atoms with Crippen molar-refractivity contribution in [2.75, 3.05) is 26.4 Å². The van der Waals surface area contributed by atoms with E-state index in [1.807, 2.05) is 12.1 Å². The Labute approximate surface area is 120 Å². The predicted octanol–water partition coefficient (Wildman–Crippen LogP) is 1.77. The smallest absolute Gasteiger partial charge is 0.232 e. The fraction of sp³-hybridized carbons (Fsp3) is 0.308. The van der Waals surface area contributed by atoms with E-state index in [9.17, 15) is 0 Å². The minimum Gasteiger partial charge on any atom is -0.367 e. The van der Waals surface area contributed by atoms with Gasteiger partial charge in [-0.15, -0.1) is 0 Å². The van der Waals surface area contributed by atoms with Crippen molar-refractivity contribution in [1.29, 1.82) is 0 Å². The lowest BCUT2D eigenvalue weighted by Crippen LogP contribution is -2.15. The first kappa shape index (κ1) is 13.0. The van der Waals surface area contributed by atoms with Crippen LogP contribution in [0.15, 0.2) is 18.2 Å². The van der Waals surface area contributed by atoms with Crippen molar-refractivity contribution in [3.05, 3.63) is 23.9 Å². The fourth-order valence-corrected chi connectivity index (χ4v) is 2.66. The van der Waals surface area contributed by atoms with E-state index in [0.717, 1.165) is 40.1 Å². The molecule has 0 aliphatic heterocycles. The van der Waals surface area contributed by atoms with E-state index in [0.29, 0.717) is 5.95 Å². The molecule has 104 valence electrons. The highest BCUT2D eigenvalue weighted by molar-refractivity contribution is 7.09. The second kappa shape index (κ2) is 5.18. The minimum absolute atomic E-state index is 0.324. The first-order valence-corrected chi connectivity index (χ1v) is 7.12. The molecule has 7 heteroatoms. The lowest BCUT2D eigenvalue weighted by molar-refractivity contribution is 0.412. The summed E-state index contributed by atoms with van der Waals surface area (Å²) in [4.78, 5) is 6.37. The summed E-state index contributed by atoms with van der Waals surface area (Å²) in [5.74, 6) is 0.324. The van der Waals surface area contributed by atoms with Crippen LogP contribution in [0.5, 0.6) is 0 Å². The Morgan fingerprint density at radius 3 is 2.90 bits per heavy atom. The monoisotopic (exact) mass is 288 g/mol. The zero-order valence-corrected chi connectivity index (χ0v) is 12.2. The largest absolute Gasteiger partial charge is 0.367 e. The van der Waals surface area contributed by atoms with Gasteiger partial charge in [-0.1, -0.05) is 0 Å². The van der Waals surface area contributed by atoms with Gasteiger partial charge in [-0.3, -0.25) is 5.10 Å². The number of nitrogens with two attached hydrogens (primary N) is 1. The van der Waals surface area contributed by atoms with Gasteiger partial charge in [-0.05, 0) is 43.8 Å². The van der Waals surface area contributed by atoms with Crippen LogP contribution in [0.1, 0.15) is 5.69 Å².